The summed E-state index contributed by atoms with van der Waals surface area (Å²) in [5.74, 6) is -0.395. The lowest BCUT2D eigenvalue weighted by Crippen LogP contribution is -2.38. The fourth-order valence-electron chi connectivity index (χ4n) is 1.70. The maximum absolute atomic E-state index is 12.4. The third kappa shape index (κ3) is 4.67. The van der Waals surface area contributed by atoms with Crippen LogP contribution >= 0.6 is 15.9 Å². The van der Waals surface area contributed by atoms with E-state index in [1.807, 2.05) is 26.0 Å². The number of halogens is 1. The smallest absolute Gasteiger partial charge is 0.307 e. The molecule has 0 aliphatic rings. The second-order valence-electron chi connectivity index (χ2n) is 4.43. The van der Waals surface area contributed by atoms with Crippen LogP contribution in [0.5, 0.6) is 0 Å². The SMILES string of the molecule is COC(=O)CCN(C(=O)c1cccc(Br)c1)C(C)C. The van der Waals surface area contributed by atoms with E-state index in [1.54, 1.807) is 17.0 Å². The zero-order valence-electron chi connectivity index (χ0n) is 11.4. The maximum atomic E-state index is 12.4. The first-order valence-corrected chi connectivity index (χ1v) is 6.88. The lowest BCUT2D eigenvalue weighted by Gasteiger charge is -2.26. The molecule has 5 heteroatoms. The summed E-state index contributed by atoms with van der Waals surface area (Å²) in [6.07, 6.45) is 0.203. The van der Waals surface area contributed by atoms with Crippen molar-refractivity contribution in [3.8, 4) is 0 Å². The average Bonchev–Trinajstić information content (AvgIpc) is 2.38. The number of nitrogens with zero attached hydrogens (tertiary/aromatic N) is 1. The van der Waals surface area contributed by atoms with E-state index >= 15 is 0 Å². The van der Waals surface area contributed by atoms with E-state index in [0.717, 1.165) is 4.47 Å². The summed E-state index contributed by atoms with van der Waals surface area (Å²) < 4.78 is 5.46. The number of hydrogen-bond acceptors (Lipinski definition) is 3. The van der Waals surface area contributed by atoms with Crippen molar-refractivity contribution in [2.24, 2.45) is 0 Å². The first kappa shape index (κ1) is 15.7. The predicted octanol–water partition coefficient (Wildman–Crippen LogP) is 2.86. The number of ether oxygens (including phenoxy) is 1. The van der Waals surface area contributed by atoms with Gasteiger partial charge in [-0.1, -0.05) is 22.0 Å². The Kier molecular flexibility index (Phi) is 6.02. The fraction of sp³-hybridized carbons (Fsp3) is 0.429. The highest BCUT2D eigenvalue weighted by molar-refractivity contribution is 9.10. The molecule has 1 amide bonds. The van der Waals surface area contributed by atoms with Crippen LogP contribution in [0.3, 0.4) is 0 Å². The normalized spacial score (nSPS) is 10.4. The summed E-state index contributed by atoms with van der Waals surface area (Å²) in [5.41, 5.74) is 0.605. The quantitative estimate of drug-likeness (QED) is 0.781. The minimum absolute atomic E-state index is 0.0242. The van der Waals surface area contributed by atoms with E-state index in [0.29, 0.717) is 12.1 Å². The van der Waals surface area contributed by atoms with Gasteiger partial charge in [0.2, 0.25) is 0 Å². The van der Waals surface area contributed by atoms with E-state index in [9.17, 15) is 9.59 Å². The molecule has 0 N–H and O–H groups in total. The number of carbonyl (C=O) groups is 2. The monoisotopic (exact) mass is 327 g/mol. The van der Waals surface area contributed by atoms with Crippen molar-refractivity contribution in [1.82, 2.24) is 4.90 Å². The number of rotatable bonds is 5. The second kappa shape index (κ2) is 7.28. The van der Waals surface area contributed by atoms with Crippen molar-refractivity contribution >= 4 is 27.8 Å². The molecule has 0 aliphatic carbocycles. The molecule has 1 aromatic rings. The topological polar surface area (TPSA) is 46.6 Å². The molecule has 19 heavy (non-hydrogen) atoms. The first-order valence-electron chi connectivity index (χ1n) is 6.09. The van der Waals surface area contributed by atoms with E-state index < -0.39 is 0 Å². The number of amides is 1. The zero-order valence-corrected chi connectivity index (χ0v) is 12.9. The van der Waals surface area contributed by atoms with Gasteiger partial charge in [0.05, 0.1) is 13.5 Å². The van der Waals surface area contributed by atoms with Crippen molar-refractivity contribution in [1.29, 1.82) is 0 Å². The van der Waals surface area contributed by atoms with Crippen LogP contribution in [0.25, 0.3) is 0 Å². The Balaban J connectivity index is 2.81. The van der Waals surface area contributed by atoms with Crippen molar-refractivity contribution in [2.45, 2.75) is 26.3 Å². The van der Waals surface area contributed by atoms with Crippen LogP contribution in [0, 0.1) is 0 Å². The largest absolute Gasteiger partial charge is 0.469 e. The Bertz CT molecular complexity index is 460. The Morgan fingerprint density at radius 2 is 2.05 bits per heavy atom. The van der Waals surface area contributed by atoms with Crippen LogP contribution in [0.1, 0.15) is 30.6 Å². The first-order chi connectivity index (χ1) is 8.95. The van der Waals surface area contributed by atoms with E-state index in [4.69, 9.17) is 0 Å². The van der Waals surface area contributed by atoms with Crippen LogP contribution < -0.4 is 0 Å². The minimum Gasteiger partial charge on any atom is -0.469 e. The van der Waals surface area contributed by atoms with Crippen molar-refractivity contribution in [3.05, 3.63) is 34.3 Å². The Morgan fingerprint density at radius 3 is 2.58 bits per heavy atom. The molecule has 1 aromatic carbocycles. The average molecular weight is 328 g/mol. The number of carbonyl (C=O) groups excluding carboxylic acids is 2. The number of esters is 1. The third-order valence-corrected chi connectivity index (χ3v) is 3.23. The van der Waals surface area contributed by atoms with Crippen LogP contribution in [0.2, 0.25) is 0 Å². The molecular weight excluding hydrogens is 310 g/mol. The molecule has 0 heterocycles. The van der Waals surface area contributed by atoms with Crippen LogP contribution in [-0.4, -0.2) is 36.5 Å². The van der Waals surface area contributed by atoms with Gasteiger partial charge in [-0.15, -0.1) is 0 Å². The second-order valence-corrected chi connectivity index (χ2v) is 5.34. The van der Waals surface area contributed by atoms with Gasteiger partial charge < -0.3 is 9.64 Å². The van der Waals surface area contributed by atoms with Gasteiger partial charge in [-0.3, -0.25) is 9.59 Å². The molecule has 0 spiro atoms. The van der Waals surface area contributed by atoms with Gasteiger partial charge in [0.25, 0.3) is 5.91 Å². The van der Waals surface area contributed by atoms with Gasteiger partial charge in [0, 0.05) is 22.6 Å². The van der Waals surface area contributed by atoms with E-state index in [1.165, 1.54) is 7.11 Å². The van der Waals surface area contributed by atoms with Crippen molar-refractivity contribution < 1.29 is 14.3 Å². The van der Waals surface area contributed by atoms with E-state index in [2.05, 4.69) is 20.7 Å². The van der Waals surface area contributed by atoms with Crippen molar-refractivity contribution in [2.75, 3.05) is 13.7 Å². The predicted molar refractivity (Wildman–Crippen MR) is 76.9 cm³/mol. The summed E-state index contributed by atoms with van der Waals surface area (Å²) in [5, 5.41) is 0. The minimum atomic E-state index is -0.312. The molecule has 0 radical (unpaired) electrons. The molecular formula is C14H18BrNO3. The molecule has 0 saturated heterocycles. The Labute approximate surface area is 121 Å². The highest BCUT2D eigenvalue weighted by Gasteiger charge is 2.19. The lowest BCUT2D eigenvalue weighted by molar-refractivity contribution is -0.140. The summed E-state index contributed by atoms with van der Waals surface area (Å²) in [7, 11) is 1.35. The highest BCUT2D eigenvalue weighted by Crippen LogP contribution is 2.15. The van der Waals surface area contributed by atoms with Gasteiger partial charge in [0.15, 0.2) is 0 Å². The maximum Gasteiger partial charge on any atom is 0.307 e. The summed E-state index contributed by atoms with van der Waals surface area (Å²) in [6, 6.07) is 7.24. The zero-order chi connectivity index (χ0) is 14.4. The van der Waals surface area contributed by atoms with Gasteiger partial charge in [-0.05, 0) is 32.0 Å². The summed E-state index contributed by atoms with van der Waals surface area (Å²) >= 11 is 3.35. The van der Waals surface area contributed by atoms with E-state index in [-0.39, 0.29) is 24.3 Å². The standard InChI is InChI=1S/C14H18BrNO3/c1-10(2)16(8-7-13(17)19-3)14(18)11-5-4-6-12(15)9-11/h4-6,9-10H,7-8H2,1-3H3. The molecule has 0 aliphatic heterocycles. The molecule has 104 valence electrons. The number of hydrogen-bond donors (Lipinski definition) is 0. The Hall–Kier alpha value is -1.36. The Morgan fingerprint density at radius 1 is 1.37 bits per heavy atom. The van der Waals surface area contributed by atoms with Gasteiger partial charge in [0.1, 0.15) is 0 Å². The molecule has 4 nitrogen and oxygen atoms in total. The molecule has 0 unspecified atom stereocenters. The van der Waals surface area contributed by atoms with Gasteiger partial charge in [-0.2, -0.15) is 0 Å². The van der Waals surface area contributed by atoms with Crippen molar-refractivity contribution in [3.63, 3.8) is 0 Å². The molecule has 1 rings (SSSR count). The molecule has 0 bridgehead atoms. The molecule has 0 aromatic heterocycles. The van der Waals surface area contributed by atoms with Crippen LogP contribution in [0.4, 0.5) is 0 Å². The molecule has 0 fully saturated rings. The summed E-state index contributed by atoms with van der Waals surface area (Å²) in [4.78, 5) is 25.2. The number of methoxy groups -OCH3 is 1. The van der Waals surface area contributed by atoms with Crippen LogP contribution in [0.15, 0.2) is 28.7 Å². The fourth-order valence-corrected chi connectivity index (χ4v) is 2.09. The van der Waals surface area contributed by atoms with Crippen LogP contribution in [-0.2, 0) is 9.53 Å². The number of benzene rings is 1. The summed E-state index contributed by atoms with van der Waals surface area (Å²) in [6.45, 7) is 4.20. The van der Waals surface area contributed by atoms with Gasteiger partial charge >= 0.3 is 5.97 Å². The third-order valence-electron chi connectivity index (χ3n) is 2.74. The van der Waals surface area contributed by atoms with Gasteiger partial charge in [-0.25, -0.2) is 0 Å². The molecule has 0 atom stereocenters. The molecule has 0 saturated carbocycles. The lowest BCUT2D eigenvalue weighted by atomic mass is 10.1. The highest BCUT2D eigenvalue weighted by atomic mass is 79.9.